The Kier molecular flexibility index (Phi) is 4.87. The van der Waals surface area contributed by atoms with E-state index in [2.05, 4.69) is 24.1 Å². The first-order chi connectivity index (χ1) is 8.08. The van der Waals surface area contributed by atoms with Crippen LogP contribution in [0.3, 0.4) is 0 Å². The molecule has 1 N–H and O–H groups in total. The van der Waals surface area contributed by atoms with Crippen LogP contribution in [0.1, 0.15) is 32.3 Å². The summed E-state index contributed by atoms with van der Waals surface area (Å²) in [6.45, 7) is 6.90. The van der Waals surface area contributed by atoms with Gasteiger partial charge in [-0.2, -0.15) is 0 Å². The summed E-state index contributed by atoms with van der Waals surface area (Å²) in [6, 6.07) is 1.72. The smallest absolute Gasteiger partial charge is 0.290 e. The Balaban J connectivity index is 2.67. The van der Waals surface area contributed by atoms with E-state index in [-0.39, 0.29) is 5.69 Å². The zero-order valence-electron chi connectivity index (χ0n) is 10.6. The molecule has 0 amide bonds. The molecule has 0 aliphatic carbocycles. The highest BCUT2D eigenvalue weighted by Gasteiger charge is 2.11. The highest BCUT2D eigenvalue weighted by atomic mass is 16.6. The van der Waals surface area contributed by atoms with Gasteiger partial charge in [0.25, 0.3) is 5.69 Å². The van der Waals surface area contributed by atoms with Crippen LogP contribution in [-0.4, -0.2) is 16.5 Å². The van der Waals surface area contributed by atoms with E-state index in [0.717, 1.165) is 19.4 Å². The quantitative estimate of drug-likeness (QED) is 0.609. The fourth-order valence-electron chi connectivity index (χ4n) is 1.66. The first-order valence-corrected chi connectivity index (χ1v) is 5.93. The number of hydrogen-bond donors (Lipinski definition) is 1. The van der Waals surface area contributed by atoms with Crippen molar-refractivity contribution in [1.82, 2.24) is 4.98 Å². The third-order valence-electron chi connectivity index (χ3n) is 3.01. The van der Waals surface area contributed by atoms with E-state index >= 15 is 0 Å². The van der Waals surface area contributed by atoms with Gasteiger partial charge in [-0.05, 0) is 18.9 Å². The Morgan fingerprint density at radius 2 is 2.12 bits per heavy atom. The molecule has 0 aliphatic rings. The van der Waals surface area contributed by atoms with Crippen molar-refractivity contribution in [3.63, 3.8) is 0 Å². The number of anilines is 1. The Morgan fingerprint density at radius 3 is 2.59 bits per heavy atom. The number of rotatable bonds is 6. The van der Waals surface area contributed by atoms with Crippen LogP contribution in [0.4, 0.5) is 11.5 Å². The summed E-state index contributed by atoms with van der Waals surface area (Å²) in [4.78, 5) is 14.3. The van der Waals surface area contributed by atoms with Crippen molar-refractivity contribution in [3.8, 4) is 0 Å². The molecule has 5 nitrogen and oxygen atoms in total. The van der Waals surface area contributed by atoms with Gasteiger partial charge in [0.15, 0.2) is 0 Å². The zero-order chi connectivity index (χ0) is 12.8. The predicted molar refractivity (Wildman–Crippen MR) is 68.2 cm³/mol. The molecule has 0 saturated carbocycles. The van der Waals surface area contributed by atoms with Gasteiger partial charge in [0, 0.05) is 12.1 Å². The van der Waals surface area contributed by atoms with Gasteiger partial charge in [0.2, 0.25) is 0 Å². The number of pyridine rings is 1. The van der Waals surface area contributed by atoms with Gasteiger partial charge in [0.1, 0.15) is 12.0 Å². The normalized spacial score (nSPS) is 10.6. The van der Waals surface area contributed by atoms with E-state index in [0.29, 0.717) is 17.3 Å². The van der Waals surface area contributed by atoms with Crippen LogP contribution >= 0.6 is 0 Å². The maximum atomic E-state index is 10.6. The second kappa shape index (κ2) is 6.18. The molecule has 0 unspecified atom stereocenters. The van der Waals surface area contributed by atoms with Crippen molar-refractivity contribution >= 4 is 11.5 Å². The molecule has 1 aromatic rings. The lowest BCUT2D eigenvalue weighted by molar-refractivity contribution is -0.385. The van der Waals surface area contributed by atoms with Crippen LogP contribution in [0.2, 0.25) is 0 Å². The monoisotopic (exact) mass is 237 g/mol. The number of nitro groups is 1. The van der Waals surface area contributed by atoms with Gasteiger partial charge in [-0.3, -0.25) is 10.1 Å². The van der Waals surface area contributed by atoms with Gasteiger partial charge >= 0.3 is 0 Å². The minimum atomic E-state index is -0.410. The van der Waals surface area contributed by atoms with Gasteiger partial charge in [0.05, 0.1) is 4.92 Å². The Labute approximate surface area is 101 Å². The van der Waals surface area contributed by atoms with Crippen LogP contribution in [0.15, 0.2) is 12.3 Å². The number of nitrogens with zero attached hydrogens (tertiary/aromatic N) is 2. The van der Waals surface area contributed by atoms with Gasteiger partial charge < -0.3 is 5.32 Å². The molecule has 0 aromatic carbocycles. The zero-order valence-corrected chi connectivity index (χ0v) is 10.6. The maximum Gasteiger partial charge on any atom is 0.290 e. The van der Waals surface area contributed by atoms with Gasteiger partial charge in [-0.1, -0.05) is 26.7 Å². The van der Waals surface area contributed by atoms with Crippen molar-refractivity contribution in [2.45, 2.75) is 33.6 Å². The molecule has 0 radical (unpaired) electrons. The summed E-state index contributed by atoms with van der Waals surface area (Å²) in [7, 11) is 0. The summed E-state index contributed by atoms with van der Waals surface area (Å²) in [5, 5.41) is 13.9. The summed E-state index contributed by atoms with van der Waals surface area (Å²) in [5.74, 6) is 1.33. The van der Waals surface area contributed by atoms with Crippen LogP contribution in [0.5, 0.6) is 0 Å². The van der Waals surface area contributed by atoms with E-state index in [9.17, 15) is 10.1 Å². The fraction of sp³-hybridized carbons (Fsp3) is 0.583. The molecule has 0 saturated heterocycles. The number of nitrogens with one attached hydrogen (secondary N) is 1. The minimum absolute atomic E-state index is 0.0677. The van der Waals surface area contributed by atoms with E-state index < -0.39 is 4.92 Å². The van der Waals surface area contributed by atoms with Crippen molar-refractivity contribution in [2.24, 2.45) is 5.92 Å². The molecule has 17 heavy (non-hydrogen) atoms. The van der Waals surface area contributed by atoms with Crippen molar-refractivity contribution in [3.05, 3.63) is 27.9 Å². The molecular formula is C12H19N3O2. The third-order valence-corrected chi connectivity index (χ3v) is 3.01. The van der Waals surface area contributed by atoms with E-state index in [4.69, 9.17) is 0 Å². The van der Waals surface area contributed by atoms with Gasteiger partial charge in [-0.25, -0.2) is 4.98 Å². The van der Waals surface area contributed by atoms with Crippen LogP contribution in [0, 0.1) is 23.0 Å². The Morgan fingerprint density at radius 1 is 1.47 bits per heavy atom. The van der Waals surface area contributed by atoms with Crippen molar-refractivity contribution in [2.75, 3.05) is 11.9 Å². The summed E-state index contributed by atoms with van der Waals surface area (Å²) in [5.41, 5.74) is 0.704. The van der Waals surface area contributed by atoms with Crippen LogP contribution < -0.4 is 5.32 Å². The van der Waals surface area contributed by atoms with Gasteiger partial charge in [-0.15, -0.1) is 0 Å². The third kappa shape index (κ3) is 3.69. The summed E-state index contributed by atoms with van der Waals surface area (Å²) < 4.78 is 0. The molecular weight excluding hydrogens is 218 g/mol. The lowest BCUT2D eigenvalue weighted by Crippen LogP contribution is -2.13. The first-order valence-electron chi connectivity index (χ1n) is 5.93. The SMILES string of the molecule is CCC(CC)CNc1cc(C)c([N+](=O)[O-])cn1. The number of aromatic nitrogens is 1. The van der Waals surface area contributed by atoms with E-state index in [1.54, 1.807) is 13.0 Å². The molecule has 0 atom stereocenters. The Hall–Kier alpha value is -1.65. The average molecular weight is 237 g/mol. The first kappa shape index (κ1) is 13.4. The molecule has 0 bridgehead atoms. The van der Waals surface area contributed by atoms with Crippen LogP contribution in [0.25, 0.3) is 0 Å². The maximum absolute atomic E-state index is 10.6. The molecule has 0 spiro atoms. The lowest BCUT2D eigenvalue weighted by Gasteiger charge is -2.13. The largest absolute Gasteiger partial charge is 0.370 e. The highest BCUT2D eigenvalue weighted by Crippen LogP contribution is 2.19. The highest BCUT2D eigenvalue weighted by molar-refractivity contribution is 5.46. The second-order valence-corrected chi connectivity index (χ2v) is 4.18. The molecule has 5 heteroatoms. The molecule has 1 heterocycles. The standard InChI is InChI=1S/C12H19N3O2/c1-4-10(5-2)7-13-12-6-9(3)11(8-14-12)15(16)17/h6,8,10H,4-5,7H2,1-3H3,(H,13,14). The van der Waals surface area contributed by atoms with Crippen molar-refractivity contribution < 1.29 is 4.92 Å². The molecule has 1 aromatic heterocycles. The number of hydrogen-bond acceptors (Lipinski definition) is 4. The molecule has 94 valence electrons. The number of aryl methyl sites for hydroxylation is 1. The lowest BCUT2D eigenvalue weighted by atomic mass is 10.0. The molecule has 0 fully saturated rings. The fourth-order valence-corrected chi connectivity index (χ4v) is 1.66. The van der Waals surface area contributed by atoms with E-state index in [1.807, 2.05) is 0 Å². The van der Waals surface area contributed by atoms with E-state index in [1.165, 1.54) is 6.20 Å². The molecule has 0 aliphatic heterocycles. The van der Waals surface area contributed by atoms with Crippen LogP contribution in [-0.2, 0) is 0 Å². The minimum Gasteiger partial charge on any atom is -0.370 e. The van der Waals surface area contributed by atoms with Crippen molar-refractivity contribution in [1.29, 1.82) is 0 Å². The summed E-state index contributed by atoms with van der Waals surface area (Å²) in [6.07, 6.45) is 3.55. The topological polar surface area (TPSA) is 68.1 Å². The second-order valence-electron chi connectivity index (χ2n) is 4.18. The predicted octanol–water partition coefficient (Wildman–Crippen LogP) is 3.15. The molecule has 1 rings (SSSR count). The average Bonchev–Trinajstić information content (AvgIpc) is 2.30. The Bertz CT molecular complexity index is 389. The summed E-state index contributed by atoms with van der Waals surface area (Å²) >= 11 is 0.